The van der Waals surface area contributed by atoms with E-state index < -0.39 is 5.97 Å². The minimum Gasteiger partial charge on any atom is -0.478 e. The highest BCUT2D eigenvalue weighted by atomic mass is 16.4. The van der Waals surface area contributed by atoms with E-state index in [2.05, 4.69) is 11.8 Å². The molecule has 5 heteroatoms. The molecule has 114 valence electrons. The second-order valence-electron chi connectivity index (χ2n) is 5.50. The number of likely N-dealkylation sites (N-methyl/N-ethyl adjacent to an activating group) is 2. The molecule has 1 amide bonds. The van der Waals surface area contributed by atoms with Gasteiger partial charge >= 0.3 is 5.97 Å². The third kappa shape index (κ3) is 3.61. The molecule has 1 atom stereocenters. The topological polar surface area (TPSA) is 60.9 Å². The monoisotopic (exact) mass is 290 g/mol. The number of hydrogen-bond acceptors (Lipinski definition) is 3. The third-order valence-electron chi connectivity index (χ3n) is 4.09. The first kappa shape index (κ1) is 15.5. The fraction of sp³-hybridized carbons (Fsp3) is 0.500. The summed E-state index contributed by atoms with van der Waals surface area (Å²) in [5, 5.41) is 8.99. The van der Waals surface area contributed by atoms with Crippen molar-refractivity contribution >= 4 is 11.9 Å². The fourth-order valence-electron chi connectivity index (χ4n) is 2.92. The molecule has 0 radical (unpaired) electrons. The summed E-state index contributed by atoms with van der Waals surface area (Å²) in [5.41, 5.74) is 0.573. The molecule has 1 aliphatic heterocycles. The van der Waals surface area contributed by atoms with E-state index >= 15 is 0 Å². The number of carboxylic acids is 1. The average molecular weight is 290 g/mol. The van der Waals surface area contributed by atoms with Crippen molar-refractivity contribution < 1.29 is 14.7 Å². The van der Waals surface area contributed by atoms with Crippen LogP contribution in [0.3, 0.4) is 0 Å². The molecule has 1 fully saturated rings. The van der Waals surface area contributed by atoms with Crippen LogP contribution in [-0.2, 0) is 0 Å². The molecule has 1 heterocycles. The summed E-state index contributed by atoms with van der Waals surface area (Å²) in [5.74, 6) is -1.14. The second-order valence-corrected chi connectivity index (χ2v) is 5.50. The molecule has 5 nitrogen and oxygen atoms in total. The molecule has 21 heavy (non-hydrogen) atoms. The number of carbonyl (C=O) groups excluding carboxylic acids is 1. The summed E-state index contributed by atoms with van der Waals surface area (Å²) in [6, 6.07) is 6.62. The molecule has 1 unspecified atom stereocenters. The predicted molar refractivity (Wildman–Crippen MR) is 80.6 cm³/mol. The van der Waals surface area contributed by atoms with Gasteiger partial charge in [-0.25, -0.2) is 4.79 Å². The predicted octanol–water partition coefficient (Wildman–Crippen LogP) is 1.94. The minimum absolute atomic E-state index is 0.124. The Morgan fingerprint density at radius 3 is 2.76 bits per heavy atom. The van der Waals surface area contributed by atoms with Crippen molar-refractivity contribution in [1.82, 2.24) is 9.80 Å². The van der Waals surface area contributed by atoms with Gasteiger partial charge in [0.25, 0.3) is 5.91 Å². The molecule has 0 bridgehead atoms. The van der Waals surface area contributed by atoms with Crippen molar-refractivity contribution in [2.45, 2.75) is 25.8 Å². The molecular formula is C16H22N2O3. The first-order chi connectivity index (χ1) is 10.0. The summed E-state index contributed by atoms with van der Waals surface area (Å²) in [7, 11) is 1.78. The first-order valence-electron chi connectivity index (χ1n) is 7.35. The van der Waals surface area contributed by atoms with E-state index in [1.165, 1.54) is 18.6 Å². The molecule has 0 saturated carbocycles. The minimum atomic E-state index is -1.01. The van der Waals surface area contributed by atoms with Gasteiger partial charge in [-0.05, 0) is 44.1 Å². The lowest BCUT2D eigenvalue weighted by molar-refractivity contribution is 0.0697. The van der Waals surface area contributed by atoms with Gasteiger partial charge in [-0.2, -0.15) is 0 Å². The Balaban J connectivity index is 2.05. The molecular weight excluding hydrogens is 268 g/mol. The number of nitrogens with zero attached hydrogens (tertiary/aromatic N) is 2. The highest BCUT2D eigenvalue weighted by Crippen LogP contribution is 2.18. The van der Waals surface area contributed by atoms with Crippen LogP contribution in [0.2, 0.25) is 0 Å². The number of benzene rings is 1. The normalized spacial score (nSPS) is 18.7. The van der Waals surface area contributed by atoms with Crippen molar-refractivity contribution in [3.8, 4) is 0 Å². The van der Waals surface area contributed by atoms with E-state index in [1.807, 2.05) is 0 Å². The number of carboxylic acid groups (broad SMARTS) is 1. The van der Waals surface area contributed by atoms with Crippen molar-refractivity contribution in [2.75, 3.05) is 26.7 Å². The molecule has 2 rings (SSSR count). The lowest BCUT2D eigenvalue weighted by atomic mass is 10.1. The van der Waals surface area contributed by atoms with Gasteiger partial charge in [-0.15, -0.1) is 0 Å². The Labute approximate surface area is 125 Å². The maximum atomic E-state index is 12.4. The number of rotatable bonds is 5. The maximum Gasteiger partial charge on any atom is 0.335 e. The SMILES string of the molecule is CCN1CCCC1CN(C)C(=O)c1cccc(C(=O)O)c1. The Bertz CT molecular complexity index is 530. The van der Waals surface area contributed by atoms with Crippen LogP contribution in [-0.4, -0.2) is 59.5 Å². The molecule has 1 N–H and O–H groups in total. The van der Waals surface area contributed by atoms with Crippen LogP contribution >= 0.6 is 0 Å². The van der Waals surface area contributed by atoms with Crippen molar-refractivity contribution in [1.29, 1.82) is 0 Å². The van der Waals surface area contributed by atoms with E-state index in [4.69, 9.17) is 5.11 Å². The van der Waals surface area contributed by atoms with Gasteiger partial charge in [0, 0.05) is 25.2 Å². The lowest BCUT2D eigenvalue weighted by Crippen LogP contribution is -2.41. The zero-order valence-electron chi connectivity index (χ0n) is 12.6. The molecule has 0 spiro atoms. The quantitative estimate of drug-likeness (QED) is 0.900. The summed E-state index contributed by atoms with van der Waals surface area (Å²) >= 11 is 0. The fourth-order valence-corrected chi connectivity index (χ4v) is 2.92. The van der Waals surface area contributed by atoms with E-state index in [0.29, 0.717) is 18.2 Å². The number of aromatic carboxylic acids is 1. The van der Waals surface area contributed by atoms with Crippen LogP contribution in [0.5, 0.6) is 0 Å². The Morgan fingerprint density at radius 1 is 1.38 bits per heavy atom. The molecule has 1 aliphatic rings. The maximum absolute atomic E-state index is 12.4. The van der Waals surface area contributed by atoms with Gasteiger partial charge in [-0.1, -0.05) is 13.0 Å². The van der Waals surface area contributed by atoms with E-state index in [0.717, 1.165) is 19.5 Å². The van der Waals surface area contributed by atoms with Crippen molar-refractivity contribution in [2.24, 2.45) is 0 Å². The highest BCUT2D eigenvalue weighted by Gasteiger charge is 2.26. The van der Waals surface area contributed by atoms with Crippen LogP contribution in [0, 0.1) is 0 Å². The number of amides is 1. The third-order valence-corrected chi connectivity index (χ3v) is 4.09. The van der Waals surface area contributed by atoms with E-state index in [1.54, 1.807) is 24.1 Å². The highest BCUT2D eigenvalue weighted by molar-refractivity contribution is 5.97. The second kappa shape index (κ2) is 6.72. The summed E-state index contributed by atoms with van der Waals surface area (Å²) in [4.78, 5) is 27.5. The Kier molecular flexibility index (Phi) is 4.96. The first-order valence-corrected chi connectivity index (χ1v) is 7.35. The van der Waals surface area contributed by atoms with Crippen molar-refractivity contribution in [3.63, 3.8) is 0 Å². The average Bonchev–Trinajstić information content (AvgIpc) is 2.93. The zero-order valence-corrected chi connectivity index (χ0v) is 12.6. The molecule has 0 aliphatic carbocycles. The Hall–Kier alpha value is -1.88. The largest absolute Gasteiger partial charge is 0.478 e. The summed E-state index contributed by atoms with van der Waals surface area (Å²) in [6.07, 6.45) is 2.29. The van der Waals surface area contributed by atoms with Gasteiger partial charge in [0.1, 0.15) is 0 Å². The van der Waals surface area contributed by atoms with Crippen molar-refractivity contribution in [3.05, 3.63) is 35.4 Å². The van der Waals surface area contributed by atoms with Crippen LogP contribution < -0.4 is 0 Å². The molecule has 1 saturated heterocycles. The van der Waals surface area contributed by atoms with E-state index in [-0.39, 0.29) is 11.5 Å². The van der Waals surface area contributed by atoms with Gasteiger partial charge in [0.2, 0.25) is 0 Å². The molecule has 1 aromatic rings. The molecule has 0 aromatic heterocycles. The van der Waals surface area contributed by atoms with Gasteiger partial charge in [0.15, 0.2) is 0 Å². The van der Waals surface area contributed by atoms with Crippen LogP contribution in [0.4, 0.5) is 0 Å². The number of carbonyl (C=O) groups is 2. The number of likely N-dealkylation sites (tertiary alicyclic amines) is 1. The van der Waals surface area contributed by atoms with E-state index in [9.17, 15) is 9.59 Å². The van der Waals surface area contributed by atoms with Crippen LogP contribution in [0.1, 0.15) is 40.5 Å². The summed E-state index contributed by atoms with van der Waals surface area (Å²) < 4.78 is 0. The number of hydrogen-bond donors (Lipinski definition) is 1. The Morgan fingerprint density at radius 2 is 2.10 bits per heavy atom. The zero-order chi connectivity index (χ0) is 15.4. The smallest absolute Gasteiger partial charge is 0.335 e. The summed E-state index contributed by atoms with van der Waals surface area (Å²) in [6.45, 7) is 4.92. The lowest BCUT2D eigenvalue weighted by Gasteiger charge is -2.27. The van der Waals surface area contributed by atoms with Gasteiger partial charge in [0.05, 0.1) is 5.56 Å². The van der Waals surface area contributed by atoms with Gasteiger partial charge in [-0.3, -0.25) is 9.69 Å². The molecule has 1 aromatic carbocycles. The standard InChI is InChI=1S/C16H22N2O3/c1-3-18-9-5-8-14(18)11-17(2)15(19)12-6-4-7-13(10-12)16(20)21/h4,6-7,10,14H,3,5,8-9,11H2,1-2H3,(H,20,21). The van der Waals surface area contributed by atoms with Gasteiger partial charge < -0.3 is 10.0 Å². The van der Waals surface area contributed by atoms with Crippen LogP contribution in [0.25, 0.3) is 0 Å². The van der Waals surface area contributed by atoms with Crippen LogP contribution in [0.15, 0.2) is 24.3 Å².